The first-order valence-corrected chi connectivity index (χ1v) is 6.15. The Morgan fingerprint density at radius 3 is 2.28 bits per heavy atom. The molecule has 0 saturated heterocycles. The highest BCUT2D eigenvalue weighted by Crippen LogP contribution is 2.38. The van der Waals surface area contributed by atoms with E-state index in [2.05, 4.69) is 6.58 Å². The van der Waals surface area contributed by atoms with Crippen molar-refractivity contribution in [3.63, 3.8) is 0 Å². The normalized spacial score (nSPS) is 17.4. The summed E-state index contributed by atoms with van der Waals surface area (Å²) in [6.07, 6.45) is 1.84. The SMILES string of the molecule is C=C1OC(OCC)(OCC)C=C1c1ccccc1. The van der Waals surface area contributed by atoms with Gasteiger partial charge in [-0.1, -0.05) is 36.9 Å². The fraction of sp³-hybridized carbons (Fsp3) is 0.333. The molecule has 0 spiro atoms. The molecule has 3 heteroatoms. The molecule has 0 aliphatic carbocycles. The Morgan fingerprint density at radius 1 is 1.11 bits per heavy atom. The number of rotatable bonds is 5. The Labute approximate surface area is 108 Å². The van der Waals surface area contributed by atoms with E-state index < -0.39 is 5.97 Å². The Balaban J connectivity index is 2.33. The van der Waals surface area contributed by atoms with Crippen molar-refractivity contribution in [3.05, 3.63) is 54.3 Å². The summed E-state index contributed by atoms with van der Waals surface area (Å²) in [7, 11) is 0. The van der Waals surface area contributed by atoms with Crippen LogP contribution in [0.25, 0.3) is 5.57 Å². The molecule has 0 saturated carbocycles. The minimum Gasteiger partial charge on any atom is -0.436 e. The molecule has 0 N–H and O–H groups in total. The zero-order valence-corrected chi connectivity index (χ0v) is 10.8. The fourth-order valence-electron chi connectivity index (χ4n) is 1.96. The number of ether oxygens (including phenoxy) is 3. The summed E-state index contributed by atoms with van der Waals surface area (Å²) >= 11 is 0. The van der Waals surface area contributed by atoms with Crippen molar-refractivity contribution in [2.45, 2.75) is 19.8 Å². The summed E-state index contributed by atoms with van der Waals surface area (Å²) in [6.45, 7) is 8.74. The van der Waals surface area contributed by atoms with Gasteiger partial charge in [0.05, 0.1) is 13.2 Å². The number of allylic oxidation sites excluding steroid dienone is 1. The molecule has 18 heavy (non-hydrogen) atoms. The molecule has 1 aromatic rings. The average molecular weight is 246 g/mol. The molecule has 0 fully saturated rings. The van der Waals surface area contributed by atoms with Crippen molar-refractivity contribution in [1.82, 2.24) is 0 Å². The molecule has 1 aliphatic heterocycles. The van der Waals surface area contributed by atoms with Crippen molar-refractivity contribution < 1.29 is 14.2 Å². The lowest BCUT2D eigenvalue weighted by atomic mass is 10.1. The molecule has 96 valence electrons. The van der Waals surface area contributed by atoms with E-state index in [0.717, 1.165) is 11.1 Å². The molecular formula is C15H18O3. The molecule has 3 nitrogen and oxygen atoms in total. The van der Waals surface area contributed by atoms with E-state index >= 15 is 0 Å². The van der Waals surface area contributed by atoms with Crippen molar-refractivity contribution in [2.75, 3.05) is 13.2 Å². The fourth-order valence-corrected chi connectivity index (χ4v) is 1.96. The van der Waals surface area contributed by atoms with E-state index in [1.165, 1.54) is 0 Å². The molecule has 0 amide bonds. The van der Waals surface area contributed by atoms with Crippen LogP contribution >= 0.6 is 0 Å². The summed E-state index contributed by atoms with van der Waals surface area (Å²) in [5.41, 5.74) is 1.96. The van der Waals surface area contributed by atoms with Gasteiger partial charge in [0.15, 0.2) is 0 Å². The zero-order chi connectivity index (χ0) is 13.0. The maximum absolute atomic E-state index is 5.67. The molecule has 0 radical (unpaired) electrons. The molecule has 1 aromatic carbocycles. The Kier molecular flexibility index (Phi) is 3.84. The topological polar surface area (TPSA) is 27.7 Å². The summed E-state index contributed by atoms with van der Waals surface area (Å²) in [4.78, 5) is 0. The highest BCUT2D eigenvalue weighted by atomic mass is 16.9. The first kappa shape index (κ1) is 12.9. The molecular weight excluding hydrogens is 228 g/mol. The summed E-state index contributed by atoms with van der Waals surface area (Å²) in [6, 6.07) is 9.94. The van der Waals surface area contributed by atoms with Crippen LogP contribution in [-0.4, -0.2) is 19.2 Å². The first-order chi connectivity index (χ1) is 8.71. The quantitative estimate of drug-likeness (QED) is 0.746. The monoisotopic (exact) mass is 246 g/mol. The molecule has 1 aliphatic rings. The third-order valence-electron chi connectivity index (χ3n) is 2.66. The third kappa shape index (κ3) is 2.47. The largest absolute Gasteiger partial charge is 0.436 e. The van der Waals surface area contributed by atoms with Crippen LogP contribution in [-0.2, 0) is 14.2 Å². The van der Waals surface area contributed by atoms with Gasteiger partial charge in [-0.2, -0.15) is 0 Å². The maximum Gasteiger partial charge on any atom is 0.350 e. The zero-order valence-electron chi connectivity index (χ0n) is 10.8. The van der Waals surface area contributed by atoms with Crippen molar-refractivity contribution in [1.29, 1.82) is 0 Å². The lowest BCUT2D eigenvalue weighted by molar-refractivity contribution is -0.323. The lowest BCUT2D eigenvalue weighted by Gasteiger charge is -2.25. The maximum atomic E-state index is 5.67. The summed E-state index contributed by atoms with van der Waals surface area (Å²) < 4.78 is 16.8. The van der Waals surface area contributed by atoms with Crippen molar-refractivity contribution in [2.24, 2.45) is 0 Å². The van der Waals surface area contributed by atoms with Gasteiger partial charge in [0, 0.05) is 11.6 Å². The minimum absolute atomic E-state index is 0.506. The van der Waals surface area contributed by atoms with Gasteiger partial charge in [-0.3, -0.25) is 0 Å². The molecule has 0 unspecified atom stereocenters. The second-order valence-corrected chi connectivity index (χ2v) is 3.92. The van der Waals surface area contributed by atoms with Gasteiger partial charge in [0.25, 0.3) is 0 Å². The minimum atomic E-state index is -1.12. The number of benzene rings is 1. The number of hydrogen-bond acceptors (Lipinski definition) is 3. The average Bonchev–Trinajstić information content (AvgIpc) is 2.68. The Bertz CT molecular complexity index is 442. The van der Waals surface area contributed by atoms with Crippen molar-refractivity contribution >= 4 is 5.57 Å². The van der Waals surface area contributed by atoms with E-state index in [0.29, 0.717) is 19.0 Å². The van der Waals surface area contributed by atoms with Crippen LogP contribution in [0.3, 0.4) is 0 Å². The second kappa shape index (κ2) is 5.38. The number of hydrogen-bond donors (Lipinski definition) is 0. The van der Waals surface area contributed by atoms with Crippen LogP contribution in [0.1, 0.15) is 19.4 Å². The Morgan fingerprint density at radius 2 is 1.72 bits per heavy atom. The van der Waals surface area contributed by atoms with Gasteiger partial charge in [-0.05, 0) is 19.4 Å². The van der Waals surface area contributed by atoms with Gasteiger partial charge >= 0.3 is 5.97 Å². The highest BCUT2D eigenvalue weighted by molar-refractivity contribution is 5.79. The Hall–Kier alpha value is -1.58. The van der Waals surface area contributed by atoms with Gasteiger partial charge in [0.2, 0.25) is 0 Å². The van der Waals surface area contributed by atoms with Crippen LogP contribution in [0.15, 0.2) is 48.7 Å². The van der Waals surface area contributed by atoms with Gasteiger partial charge in [0.1, 0.15) is 5.76 Å². The van der Waals surface area contributed by atoms with Crippen LogP contribution < -0.4 is 0 Å². The highest BCUT2D eigenvalue weighted by Gasteiger charge is 2.39. The van der Waals surface area contributed by atoms with Crippen molar-refractivity contribution in [3.8, 4) is 0 Å². The first-order valence-electron chi connectivity index (χ1n) is 6.15. The molecule has 1 heterocycles. The van der Waals surface area contributed by atoms with E-state index in [9.17, 15) is 0 Å². The smallest absolute Gasteiger partial charge is 0.350 e. The van der Waals surface area contributed by atoms with E-state index in [1.54, 1.807) is 0 Å². The molecule has 0 atom stereocenters. The predicted molar refractivity (Wildman–Crippen MR) is 70.6 cm³/mol. The van der Waals surface area contributed by atoms with Crippen LogP contribution in [0.5, 0.6) is 0 Å². The van der Waals surface area contributed by atoms with Crippen LogP contribution in [0.4, 0.5) is 0 Å². The van der Waals surface area contributed by atoms with Gasteiger partial charge in [-0.25, -0.2) is 0 Å². The summed E-state index contributed by atoms with van der Waals surface area (Å²) in [5, 5.41) is 0. The lowest BCUT2D eigenvalue weighted by Crippen LogP contribution is -2.34. The van der Waals surface area contributed by atoms with Gasteiger partial charge < -0.3 is 14.2 Å². The molecule has 0 aromatic heterocycles. The second-order valence-electron chi connectivity index (χ2n) is 3.92. The van der Waals surface area contributed by atoms with E-state index in [-0.39, 0.29) is 0 Å². The predicted octanol–water partition coefficient (Wildman–Crippen LogP) is 3.34. The van der Waals surface area contributed by atoms with E-state index in [1.807, 2.05) is 50.3 Å². The molecule has 2 rings (SSSR count). The van der Waals surface area contributed by atoms with Gasteiger partial charge in [-0.15, -0.1) is 0 Å². The van der Waals surface area contributed by atoms with Crippen LogP contribution in [0, 0.1) is 0 Å². The van der Waals surface area contributed by atoms with E-state index in [4.69, 9.17) is 14.2 Å². The van der Waals surface area contributed by atoms with Crippen LogP contribution in [0.2, 0.25) is 0 Å². The summed E-state index contributed by atoms with van der Waals surface area (Å²) in [5.74, 6) is -0.547. The third-order valence-corrected chi connectivity index (χ3v) is 2.66. The standard InChI is InChI=1S/C15H18O3/c1-4-16-15(17-5-2)11-14(12(3)18-15)13-9-7-6-8-10-13/h6-11H,3-5H2,1-2H3. The molecule has 0 bridgehead atoms.